The Kier molecular flexibility index (Phi) is 5.94. The highest BCUT2D eigenvalue weighted by Gasteiger charge is 2.06. The van der Waals surface area contributed by atoms with E-state index < -0.39 is 13.0 Å². The molecule has 1 rings (SSSR count). The van der Waals surface area contributed by atoms with Crippen LogP contribution < -0.4 is 5.32 Å². The first kappa shape index (κ1) is 14.8. The predicted molar refractivity (Wildman–Crippen MR) is 64.1 cm³/mol. The summed E-state index contributed by atoms with van der Waals surface area (Å²) < 4.78 is 28.1. The second kappa shape index (κ2) is 7.23. The van der Waals surface area contributed by atoms with Crippen LogP contribution in [0.1, 0.15) is 12.0 Å². The van der Waals surface area contributed by atoms with Gasteiger partial charge in [-0.2, -0.15) is 0 Å². The molecule has 0 aliphatic carbocycles. The standard InChI is InChI=1S/C11H13ClF2N2O2/c1-7-4-8(5-15-11(7)12)16-10(17)2-3-18-6-9(13)14/h4-5,9H,2-3,6H2,1H3,(H,16,17). The van der Waals surface area contributed by atoms with Gasteiger partial charge in [-0.05, 0) is 18.6 Å². The lowest BCUT2D eigenvalue weighted by atomic mass is 10.3. The van der Waals surface area contributed by atoms with E-state index in [4.69, 9.17) is 11.6 Å². The number of nitrogens with one attached hydrogen (secondary N) is 1. The molecule has 100 valence electrons. The SMILES string of the molecule is Cc1cc(NC(=O)CCOCC(F)F)cnc1Cl. The Morgan fingerprint density at radius 3 is 2.94 bits per heavy atom. The monoisotopic (exact) mass is 278 g/mol. The summed E-state index contributed by atoms with van der Waals surface area (Å²) in [5, 5.41) is 2.94. The topological polar surface area (TPSA) is 51.2 Å². The Bertz CT molecular complexity index is 416. The van der Waals surface area contributed by atoms with Gasteiger partial charge in [0.15, 0.2) is 0 Å². The number of amides is 1. The van der Waals surface area contributed by atoms with Crippen LogP contribution in [0.25, 0.3) is 0 Å². The van der Waals surface area contributed by atoms with Crippen LogP contribution in [0.2, 0.25) is 5.15 Å². The lowest BCUT2D eigenvalue weighted by Gasteiger charge is -2.06. The van der Waals surface area contributed by atoms with E-state index in [0.29, 0.717) is 10.8 Å². The van der Waals surface area contributed by atoms with Crippen molar-refractivity contribution in [2.24, 2.45) is 0 Å². The average molecular weight is 279 g/mol. The molecule has 0 fully saturated rings. The number of aromatic nitrogens is 1. The molecule has 0 saturated heterocycles. The zero-order chi connectivity index (χ0) is 13.5. The van der Waals surface area contributed by atoms with Gasteiger partial charge in [0.05, 0.1) is 24.9 Å². The number of alkyl halides is 2. The number of anilines is 1. The number of aryl methyl sites for hydroxylation is 1. The molecule has 4 nitrogen and oxygen atoms in total. The van der Waals surface area contributed by atoms with Crippen molar-refractivity contribution in [3.05, 3.63) is 23.0 Å². The molecule has 1 aromatic rings. The molecule has 0 aliphatic rings. The third-order valence-corrected chi connectivity index (χ3v) is 2.41. The Morgan fingerprint density at radius 1 is 1.61 bits per heavy atom. The molecule has 0 spiro atoms. The molecule has 0 unspecified atom stereocenters. The number of pyridine rings is 1. The lowest BCUT2D eigenvalue weighted by Crippen LogP contribution is -2.15. The highest BCUT2D eigenvalue weighted by Crippen LogP contribution is 2.16. The summed E-state index contributed by atoms with van der Waals surface area (Å²) in [7, 11) is 0. The molecule has 1 N–H and O–H groups in total. The second-order valence-electron chi connectivity index (χ2n) is 3.60. The number of carbonyl (C=O) groups is 1. The van der Waals surface area contributed by atoms with Gasteiger partial charge in [0, 0.05) is 0 Å². The third-order valence-electron chi connectivity index (χ3n) is 2.02. The molecule has 18 heavy (non-hydrogen) atoms. The fourth-order valence-corrected chi connectivity index (χ4v) is 1.29. The fraction of sp³-hybridized carbons (Fsp3) is 0.455. The maximum atomic E-state index is 11.7. The number of carbonyl (C=O) groups excluding carboxylic acids is 1. The minimum atomic E-state index is -2.52. The van der Waals surface area contributed by atoms with E-state index >= 15 is 0 Å². The Hall–Kier alpha value is -1.27. The van der Waals surface area contributed by atoms with Crippen LogP contribution in [-0.2, 0) is 9.53 Å². The quantitative estimate of drug-likeness (QED) is 0.643. The van der Waals surface area contributed by atoms with Gasteiger partial charge in [0.2, 0.25) is 5.91 Å². The van der Waals surface area contributed by atoms with Crippen molar-refractivity contribution in [2.45, 2.75) is 19.8 Å². The molecule has 0 atom stereocenters. The fourth-order valence-electron chi connectivity index (χ4n) is 1.19. The highest BCUT2D eigenvalue weighted by atomic mass is 35.5. The molecule has 0 bridgehead atoms. The number of ether oxygens (including phenoxy) is 1. The number of hydrogen-bond acceptors (Lipinski definition) is 3. The molecular weight excluding hydrogens is 266 g/mol. The molecule has 1 heterocycles. The molecule has 0 radical (unpaired) electrons. The third kappa shape index (κ3) is 5.37. The predicted octanol–water partition coefficient (Wildman–Crippen LogP) is 2.65. The van der Waals surface area contributed by atoms with Gasteiger partial charge in [-0.1, -0.05) is 11.6 Å². The van der Waals surface area contributed by atoms with Crippen molar-refractivity contribution in [3.63, 3.8) is 0 Å². The minimum absolute atomic E-state index is 0.00833. The van der Waals surface area contributed by atoms with E-state index in [9.17, 15) is 13.6 Å². The summed E-state index contributed by atoms with van der Waals surface area (Å²) >= 11 is 5.73. The molecule has 0 aliphatic heterocycles. The van der Waals surface area contributed by atoms with Crippen LogP contribution in [0, 0.1) is 6.92 Å². The van der Waals surface area contributed by atoms with E-state index in [2.05, 4.69) is 15.0 Å². The molecule has 7 heteroatoms. The Balaban J connectivity index is 2.33. The largest absolute Gasteiger partial charge is 0.375 e. The van der Waals surface area contributed by atoms with E-state index in [-0.39, 0.29) is 18.9 Å². The number of halogens is 3. The minimum Gasteiger partial charge on any atom is -0.375 e. The maximum Gasteiger partial charge on any atom is 0.261 e. The van der Waals surface area contributed by atoms with Gasteiger partial charge in [0.25, 0.3) is 6.43 Å². The Labute approximate surface area is 108 Å². The molecular formula is C11H13ClF2N2O2. The van der Waals surface area contributed by atoms with Crippen LogP contribution in [0.3, 0.4) is 0 Å². The average Bonchev–Trinajstić information content (AvgIpc) is 2.29. The van der Waals surface area contributed by atoms with E-state index in [1.165, 1.54) is 6.20 Å². The zero-order valence-electron chi connectivity index (χ0n) is 9.75. The van der Waals surface area contributed by atoms with Crippen LogP contribution in [-0.4, -0.2) is 30.5 Å². The molecule has 0 aromatic carbocycles. The van der Waals surface area contributed by atoms with Gasteiger partial charge < -0.3 is 10.1 Å². The van der Waals surface area contributed by atoms with Crippen molar-refractivity contribution < 1.29 is 18.3 Å². The molecule has 1 aromatic heterocycles. The van der Waals surface area contributed by atoms with E-state index in [0.717, 1.165) is 5.56 Å². The lowest BCUT2D eigenvalue weighted by molar-refractivity contribution is -0.117. The van der Waals surface area contributed by atoms with Crippen LogP contribution in [0.5, 0.6) is 0 Å². The van der Waals surface area contributed by atoms with E-state index in [1.807, 2.05) is 0 Å². The zero-order valence-corrected chi connectivity index (χ0v) is 10.5. The van der Waals surface area contributed by atoms with Gasteiger partial charge in [-0.15, -0.1) is 0 Å². The molecule has 1 amide bonds. The number of hydrogen-bond donors (Lipinski definition) is 1. The van der Waals surface area contributed by atoms with Crippen LogP contribution in [0.4, 0.5) is 14.5 Å². The summed E-state index contributed by atoms with van der Waals surface area (Å²) in [4.78, 5) is 15.3. The maximum absolute atomic E-state index is 11.7. The van der Waals surface area contributed by atoms with Gasteiger partial charge in [0.1, 0.15) is 11.8 Å². The van der Waals surface area contributed by atoms with Crippen molar-refractivity contribution in [3.8, 4) is 0 Å². The number of nitrogens with zero attached hydrogens (tertiary/aromatic N) is 1. The number of rotatable bonds is 6. The van der Waals surface area contributed by atoms with Gasteiger partial charge in [-0.25, -0.2) is 13.8 Å². The molecule has 0 saturated carbocycles. The normalized spacial score (nSPS) is 10.7. The second-order valence-corrected chi connectivity index (χ2v) is 3.95. The first-order chi connectivity index (χ1) is 8.49. The summed E-state index contributed by atoms with van der Waals surface area (Å²) in [6.07, 6.45) is -1.09. The van der Waals surface area contributed by atoms with Crippen LogP contribution >= 0.6 is 11.6 Å². The summed E-state index contributed by atoms with van der Waals surface area (Å²) in [5.41, 5.74) is 1.25. The summed E-state index contributed by atoms with van der Waals surface area (Å²) in [5.74, 6) is -0.326. The first-order valence-electron chi connectivity index (χ1n) is 5.27. The van der Waals surface area contributed by atoms with Crippen molar-refractivity contribution >= 4 is 23.2 Å². The summed E-state index contributed by atoms with van der Waals surface area (Å²) in [6, 6.07) is 1.67. The van der Waals surface area contributed by atoms with E-state index in [1.54, 1.807) is 13.0 Å². The Morgan fingerprint density at radius 2 is 2.33 bits per heavy atom. The smallest absolute Gasteiger partial charge is 0.261 e. The summed E-state index contributed by atoms with van der Waals surface area (Å²) in [6.45, 7) is 1.06. The van der Waals surface area contributed by atoms with Crippen molar-refractivity contribution in [1.82, 2.24) is 4.98 Å². The van der Waals surface area contributed by atoms with Gasteiger partial charge in [-0.3, -0.25) is 4.79 Å². The van der Waals surface area contributed by atoms with Gasteiger partial charge >= 0.3 is 0 Å². The highest BCUT2D eigenvalue weighted by molar-refractivity contribution is 6.30. The van der Waals surface area contributed by atoms with Crippen molar-refractivity contribution in [1.29, 1.82) is 0 Å². The van der Waals surface area contributed by atoms with Crippen LogP contribution in [0.15, 0.2) is 12.3 Å². The first-order valence-corrected chi connectivity index (χ1v) is 5.64. The van der Waals surface area contributed by atoms with Crippen molar-refractivity contribution in [2.75, 3.05) is 18.5 Å².